The Bertz CT molecular complexity index is 339. The molecular formula is C13H20BrNO3. The smallest absolute Gasteiger partial charge is 0.332 e. The summed E-state index contributed by atoms with van der Waals surface area (Å²) in [6.07, 6.45) is 8.13. The summed E-state index contributed by atoms with van der Waals surface area (Å²) >= 11 is 3.58. The van der Waals surface area contributed by atoms with E-state index in [0.29, 0.717) is 6.61 Å². The Balaban J connectivity index is 2.69. The highest BCUT2D eigenvalue weighted by atomic mass is 79.9. The largest absolute Gasteiger partial charge is 0.466 e. The van der Waals surface area contributed by atoms with Crippen molar-refractivity contribution >= 4 is 21.9 Å². The summed E-state index contributed by atoms with van der Waals surface area (Å²) in [6, 6.07) is 0.207. The van der Waals surface area contributed by atoms with Gasteiger partial charge in [-0.3, -0.25) is 0 Å². The molecule has 5 heteroatoms. The van der Waals surface area contributed by atoms with E-state index < -0.39 is 0 Å². The third-order valence-electron chi connectivity index (χ3n) is 2.77. The minimum Gasteiger partial charge on any atom is -0.466 e. The molecule has 0 radical (unpaired) electrons. The molecule has 102 valence electrons. The standard InChI is InChI=1S/C13H20BrNO3/c1-17-9-10(8-13(16)18-2)15-12-7-5-3-4-6-11(12)14/h6,8,12,15H,3-5,7,9H2,1-2H3/b10-8+. The monoisotopic (exact) mass is 317 g/mol. The number of halogens is 1. The zero-order valence-corrected chi connectivity index (χ0v) is 12.5. The lowest BCUT2D eigenvalue weighted by Gasteiger charge is -2.20. The van der Waals surface area contributed by atoms with Crippen LogP contribution in [-0.4, -0.2) is 32.8 Å². The number of rotatable bonds is 5. The predicted molar refractivity (Wildman–Crippen MR) is 74.4 cm³/mol. The van der Waals surface area contributed by atoms with Crippen LogP contribution < -0.4 is 5.32 Å². The van der Waals surface area contributed by atoms with E-state index in [1.54, 1.807) is 7.11 Å². The van der Waals surface area contributed by atoms with Gasteiger partial charge in [0.25, 0.3) is 0 Å². The maximum absolute atomic E-state index is 11.3. The second kappa shape index (κ2) is 8.32. The summed E-state index contributed by atoms with van der Waals surface area (Å²) in [7, 11) is 2.97. The number of nitrogens with one attached hydrogen (secondary N) is 1. The molecule has 1 rings (SSSR count). The van der Waals surface area contributed by atoms with Gasteiger partial charge >= 0.3 is 5.97 Å². The molecule has 4 nitrogen and oxygen atoms in total. The van der Waals surface area contributed by atoms with Crippen LogP contribution in [0.5, 0.6) is 0 Å². The van der Waals surface area contributed by atoms with Crippen molar-refractivity contribution in [3.8, 4) is 0 Å². The van der Waals surface area contributed by atoms with Crippen LogP contribution >= 0.6 is 15.9 Å². The molecular weight excluding hydrogens is 298 g/mol. The molecule has 0 spiro atoms. The topological polar surface area (TPSA) is 47.6 Å². The highest BCUT2D eigenvalue weighted by Crippen LogP contribution is 2.23. The number of esters is 1. The van der Waals surface area contributed by atoms with Gasteiger partial charge in [-0.05, 0) is 19.3 Å². The van der Waals surface area contributed by atoms with Crippen LogP contribution in [0.15, 0.2) is 22.3 Å². The van der Waals surface area contributed by atoms with Gasteiger partial charge < -0.3 is 14.8 Å². The molecule has 0 aromatic heterocycles. The molecule has 0 bridgehead atoms. The Labute approximate surface area is 117 Å². The average Bonchev–Trinajstić information content (AvgIpc) is 2.55. The molecule has 0 heterocycles. The van der Waals surface area contributed by atoms with E-state index in [1.165, 1.54) is 26.0 Å². The van der Waals surface area contributed by atoms with Crippen LogP contribution in [0.1, 0.15) is 25.7 Å². The third kappa shape index (κ3) is 5.23. The number of carbonyl (C=O) groups excluding carboxylic acids is 1. The molecule has 1 atom stereocenters. The molecule has 1 unspecified atom stereocenters. The normalized spacial score (nSPS) is 20.9. The lowest BCUT2D eigenvalue weighted by molar-refractivity contribution is -0.134. The lowest BCUT2D eigenvalue weighted by Crippen LogP contribution is -2.30. The SMILES string of the molecule is COC/C(=C\C(=O)OC)NC1CCCCC=C1Br. The molecule has 0 aromatic rings. The van der Waals surface area contributed by atoms with Crippen molar-refractivity contribution in [1.82, 2.24) is 5.32 Å². The molecule has 18 heavy (non-hydrogen) atoms. The van der Waals surface area contributed by atoms with E-state index in [4.69, 9.17) is 4.74 Å². The fourth-order valence-electron chi connectivity index (χ4n) is 1.86. The summed E-state index contributed by atoms with van der Waals surface area (Å²) in [5.74, 6) is -0.372. The summed E-state index contributed by atoms with van der Waals surface area (Å²) in [5, 5.41) is 3.33. The fraction of sp³-hybridized carbons (Fsp3) is 0.615. The number of hydrogen-bond donors (Lipinski definition) is 1. The van der Waals surface area contributed by atoms with E-state index in [9.17, 15) is 4.79 Å². The van der Waals surface area contributed by atoms with Crippen molar-refractivity contribution < 1.29 is 14.3 Å². The van der Waals surface area contributed by atoms with Crippen molar-refractivity contribution in [2.75, 3.05) is 20.8 Å². The van der Waals surface area contributed by atoms with Crippen molar-refractivity contribution in [3.63, 3.8) is 0 Å². The van der Waals surface area contributed by atoms with Gasteiger partial charge in [0.05, 0.1) is 19.8 Å². The summed E-state index contributed by atoms with van der Waals surface area (Å²) in [4.78, 5) is 11.3. The molecule has 1 aliphatic rings. The minimum absolute atomic E-state index is 0.207. The van der Waals surface area contributed by atoms with E-state index in [2.05, 4.69) is 32.1 Å². The predicted octanol–water partition coefficient (Wildman–Crippen LogP) is 2.50. The first-order valence-corrected chi connectivity index (χ1v) is 6.86. The zero-order chi connectivity index (χ0) is 13.4. The van der Waals surface area contributed by atoms with Crippen molar-refractivity contribution in [1.29, 1.82) is 0 Å². The maximum atomic E-state index is 11.3. The van der Waals surface area contributed by atoms with Crippen LogP contribution in [0.2, 0.25) is 0 Å². The Kier molecular flexibility index (Phi) is 7.05. The number of ether oxygens (including phenoxy) is 2. The summed E-state index contributed by atoms with van der Waals surface area (Å²) in [5.41, 5.74) is 0.738. The molecule has 0 fully saturated rings. The van der Waals surface area contributed by atoms with Crippen LogP contribution in [0.3, 0.4) is 0 Å². The molecule has 0 aliphatic heterocycles. The number of allylic oxidation sites excluding steroid dienone is 1. The first-order valence-electron chi connectivity index (χ1n) is 6.07. The van der Waals surface area contributed by atoms with E-state index in [0.717, 1.165) is 23.0 Å². The van der Waals surface area contributed by atoms with Crippen LogP contribution in [0.4, 0.5) is 0 Å². The maximum Gasteiger partial charge on any atom is 0.332 e. The minimum atomic E-state index is -0.372. The number of hydrogen-bond acceptors (Lipinski definition) is 4. The van der Waals surface area contributed by atoms with Gasteiger partial charge in [0.15, 0.2) is 0 Å². The van der Waals surface area contributed by atoms with Crippen molar-refractivity contribution in [3.05, 3.63) is 22.3 Å². The van der Waals surface area contributed by atoms with Crippen molar-refractivity contribution in [2.45, 2.75) is 31.7 Å². The van der Waals surface area contributed by atoms with Gasteiger partial charge in [0, 0.05) is 23.4 Å². The molecule has 0 saturated carbocycles. The first-order chi connectivity index (χ1) is 8.67. The van der Waals surface area contributed by atoms with Crippen LogP contribution in [0.25, 0.3) is 0 Å². The summed E-state index contributed by atoms with van der Waals surface area (Å²) < 4.78 is 10.9. The van der Waals surface area contributed by atoms with Crippen LogP contribution in [0, 0.1) is 0 Å². The first kappa shape index (κ1) is 15.2. The molecule has 1 N–H and O–H groups in total. The van der Waals surface area contributed by atoms with Gasteiger partial charge in [-0.1, -0.05) is 28.4 Å². The van der Waals surface area contributed by atoms with Gasteiger partial charge in [-0.25, -0.2) is 4.79 Å². The molecule has 1 aliphatic carbocycles. The summed E-state index contributed by atoms with van der Waals surface area (Å²) in [6.45, 7) is 0.367. The van der Waals surface area contributed by atoms with Gasteiger partial charge in [-0.15, -0.1) is 0 Å². The Morgan fingerprint density at radius 2 is 2.33 bits per heavy atom. The fourth-order valence-corrected chi connectivity index (χ4v) is 2.43. The zero-order valence-electron chi connectivity index (χ0n) is 10.9. The quantitative estimate of drug-likeness (QED) is 0.625. The average molecular weight is 318 g/mol. The highest BCUT2D eigenvalue weighted by Gasteiger charge is 2.16. The van der Waals surface area contributed by atoms with E-state index in [-0.39, 0.29) is 12.0 Å². The van der Waals surface area contributed by atoms with E-state index >= 15 is 0 Å². The lowest BCUT2D eigenvalue weighted by atomic mass is 10.1. The number of methoxy groups -OCH3 is 2. The molecule has 0 amide bonds. The Morgan fingerprint density at radius 1 is 1.56 bits per heavy atom. The van der Waals surface area contributed by atoms with Crippen LogP contribution in [-0.2, 0) is 14.3 Å². The van der Waals surface area contributed by atoms with Gasteiger partial charge in [0.2, 0.25) is 0 Å². The highest BCUT2D eigenvalue weighted by molar-refractivity contribution is 9.11. The third-order valence-corrected chi connectivity index (χ3v) is 3.65. The van der Waals surface area contributed by atoms with Gasteiger partial charge in [-0.2, -0.15) is 0 Å². The van der Waals surface area contributed by atoms with E-state index in [1.807, 2.05) is 0 Å². The molecule has 0 saturated heterocycles. The molecule has 0 aromatic carbocycles. The number of carbonyl (C=O) groups is 1. The second-order valence-electron chi connectivity index (χ2n) is 4.20. The second-order valence-corrected chi connectivity index (χ2v) is 5.11. The van der Waals surface area contributed by atoms with Crippen molar-refractivity contribution in [2.24, 2.45) is 0 Å². The Morgan fingerprint density at radius 3 is 3.00 bits per heavy atom. The van der Waals surface area contributed by atoms with Gasteiger partial charge in [0.1, 0.15) is 0 Å². The Hall–Kier alpha value is -0.810.